The van der Waals surface area contributed by atoms with E-state index in [2.05, 4.69) is 15.6 Å². The molecular formula is C22H25N5O4. The number of likely N-dealkylation sites (tertiary alicyclic amines) is 1. The highest BCUT2D eigenvalue weighted by Gasteiger charge is 2.27. The molecular weight excluding hydrogens is 398 g/mol. The SMILES string of the molecule is CC(C)NC(=O)c1cn(C2CCN(C(=O)c3ccc(Oc4ccccc4)o3)CC2)nn1. The van der Waals surface area contributed by atoms with E-state index in [1.165, 1.54) is 0 Å². The van der Waals surface area contributed by atoms with Crippen LogP contribution in [0.2, 0.25) is 0 Å². The van der Waals surface area contributed by atoms with Crippen molar-refractivity contribution in [2.24, 2.45) is 0 Å². The van der Waals surface area contributed by atoms with Crippen LogP contribution in [0.5, 0.6) is 11.7 Å². The molecule has 0 atom stereocenters. The minimum Gasteiger partial charge on any atom is -0.426 e. The number of furan rings is 1. The standard InChI is InChI=1S/C22H25N5O4/c1-15(2)23-21(28)18-14-27(25-24-18)16-10-12-26(13-11-16)22(29)19-8-9-20(31-19)30-17-6-4-3-5-7-17/h3-9,14-16H,10-13H2,1-2H3,(H,23,28). The maximum atomic E-state index is 12.8. The van der Waals surface area contributed by atoms with Crippen LogP contribution in [-0.4, -0.2) is 50.8 Å². The van der Waals surface area contributed by atoms with Crippen LogP contribution in [0.4, 0.5) is 0 Å². The Bertz CT molecular complexity index is 1040. The van der Waals surface area contributed by atoms with Crippen molar-refractivity contribution in [3.05, 3.63) is 60.1 Å². The third-order valence-corrected chi connectivity index (χ3v) is 5.04. The first-order chi connectivity index (χ1) is 15.0. The number of hydrogen-bond donors (Lipinski definition) is 1. The number of para-hydroxylation sites is 1. The molecule has 0 unspecified atom stereocenters. The number of benzene rings is 1. The van der Waals surface area contributed by atoms with Gasteiger partial charge in [-0.3, -0.25) is 9.59 Å². The molecule has 1 aromatic carbocycles. The lowest BCUT2D eigenvalue weighted by Crippen LogP contribution is -2.39. The molecule has 1 fully saturated rings. The molecule has 9 nitrogen and oxygen atoms in total. The zero-order chi connectivity index (χ0) is 21.8. The van der Waals surface area contributed by atoms with E-state index < -0.39 is 0 Å². The van der Waals surface area contributed by atoms with Crippen LogP contribution in [0.15, 0.2) is 53.1 Å². The van der Waals surface area contributed by atoms with Crippen molar-refractivity contribution in [2.45, 2.75) is 38.8 Å². The number of carbonyl (C=O) groups is 2. The second kappa shape index (κ2) is 9.03. The van der Waals surface area contributed by atoms with Gasteiger partial charge in [-0.25, -0.2) is 4.68 Å². The second-order valence-corrected chi connectivity index (χ2v) is 7.77. The number of piperidine rings is 1. The number of nitrogens with one attached hydrogen (secondary N) is 1. The smallest absolute Gasteiger partial charge is 0.290 e. The van der Waals surface area contributed by atoms with Crippen LogP contribution in [0, 0.1) is 0 Å². The molecule has 31 heavy (non-hydrogen) atoms. The van der Waals surface area contributed by atoms with Crippen LogP contribution >= 0.6 is 0 Å². The molecule has 1 aliphatic rings. The fourth-order valence-corrected chi connectivity index (χ4v) is 3.48. The highest BCUT2D eigenvalue weighted by Crippen LogP contribution is 2.26. The van der Waals surface area contributed by atoms with E-state index in [1.54, 1.807) is 27.9 Å². The van der Waals surface area contributed by atoms with Gasteiger partial charge in [0, 0.05) is 25.2 Å². The van der Waals surface area contributed by atoms with E-state index in [4.69, 9.17) is 9.15 Å². The average molecular weight is 423 g/mol. The molecule has 3 heterocycles. The number of amides is 2. The van der Waals surface area contributed by atoms with E-state index in [0.717, 1.165) is 0 Å². The Kier molecular flexibility index (Phi) is 6.01. The van der Waals surface area contributed by atoms with Gasteiger partial charge in [-0.15, -0.1) is 5.10 Å². The van der Waals surface area contributed by atoms with Gasteiger partial charge in [-0.2, -0.15) is 0 Å². The van der Waals surface area contributed by atoms with Gasteiger partial charge >= 0.3 is 0 Å². The normalized spacial score (nSPS) is 14.6. The highest BCUT2D eigenvalue weighted by atomic mass is 16.6. The summed E-state index contributed by atoms with van der Waals surface area (Å²) in [5, 5.41) is 10.9. The van der Waals surface area contributed by atoms with Crippen LogP contribution in [0.25, 0.3) is 0 Å². The Labute approximate surface area is 180 Å². The maximum Gasteiger partial charge on any atom is 0.290 e. The first-order valence-electron chi connectivity index (χ1n) is 10.3. The van der Waals surface area contributed by atoms with Crippen LogP contribution in [-0.2, 0) is 0 Å². The molecule has 0 aliphatic carbocycles. The monoisotopic (exact) mass is 423 g/mol. The summed E-state index contributed by atoms with van der Waals surface area (Å²) in [5.74, 6) is 0.764. The van der Waals surface area contributed by atoms with E-state index in [1.807, 2.05) is 44.2 Å². The molecule has 9 heteroatoms. The zero-order valence-electron chi connectivity index (χ0n) is 17.5. The minimum atomic E-state index is -0.236. The fraction of sp³-hybridized carbons (Fsp3) is 0.364. The topological polar surface area (TPSA) is 102 Å². The molecule has 2 amide bonds. The number of hydrogen-bond acceptors (Lipinski definition) is 6. The van der Waals surface area contributed by atoms with Crippen molar-refractivity contribution in [1.82, 2.24) is 25.2 Å². The number of nitrogens with zero attached hydrogens (tertiary/aromatic N) is 4. The van der Waals surface area contributed by atoms with E-state index in [0.29, 0.717) is 37.4 Å². The predicted octanol–water partition coefficient (Wildman–Crippen LogP) is 3.28. The number of rotatable bonds is 6. The predicted molar refractivity (Wildman–Crippen MR) is 112 cm³/mol. The molecule has 0 saturated carbocycles. The molecule has 1 saturated heterocycles. The summed E-state index contributed by atoms with van der Waals surface area (Å²) in [6.45, 7) is 4.91. The largest absolute Gasteiger partial charge is 0.426 e. The molecule has 0 bridgehead atoms. The highest BCUT2D eigenvalue weighted by molar-refractivity contribution is 5.92. The van der Waals surface area contributed by atoms with Gasteiger partial charge in [0.25, 0.3) is 17.8 Å². The Balaban J connectivity index is 1.32. The number of aromatic nitrogens is 3. The Hall–Kier alpha value is -3.62. The lowest BCUT2D eigenvalue weighted by molar-refractivity contribution is 0.0652. The lowest BCUT2D eigenvalue weighted by Gasteiger charge is -2.31. The summed E-state index contributed by atoms with van der Waals surface area (Å²) in [4.78, 5) is 26.6. The van der Waals surface area contributed by atoms with Crippen molar-refractivity contribution in [3.63, 3.8) is 0 Å². The second-order valence-electron chi connectivity index (χ2n) is 7.77. The molecule has 4 rings (SSSR count). The summed E-state index contributed by atoms with van der Waals surface area (Å²) >= 11 is 0. The Morgan fingerprint density at radius 3 is 2.58 bits per heavy atom. The summed E-state index contributed by atoms with van der Waals surface area (Å²) in [5.41, 5.74) is 0.300. The average Bonchev–Trinajstić information content (AvgIpc) is 3.44. The van der Waals surface area contributed by atoms with Crippen molar-refractivity contribution < 1.29 is 18.7 Å². The van der Waals surface area contributed by atoms with Crippen molar-refractivity contribution in [2.75, 3.05) is 13.1 Å². The number of carbonyl (C=O) groups excluding carboxylic acids is 2. The lowest BCUT2D eigenvalue weighted by atomic mass is 10.1. The van der Waals surface area contributed by atoms with Crippen molar-refractivity contribution in [3.8, 4) is 11.7 Å². The van der Waals surface area contributed by atoms with Crippen LogP contribution in [0.3, 0.4) is 0 Å². The quantitative estimate of drug-likeness (QED) is 0.653. The molecule has 2 aromatic heterocycles. The summed E-state index contributed by atoms with van der Waals surface area (Å²) in [6, 6.07) is 12.7. The molecule has 162 valence electrons. The molecule has 1 aliphatic heterocycles. The van der Waals surface area contributed by atoms with Gasteiger partial charge < -0.3 is 19.4 Å². The van der Waals surface area contributed by atoms with Crippen LogP contribution in [0.1, 0.15) is 53.8 Å². The third-order valence-electron chi connectivity index (χ3n) is 5.04. The first-order valence-corrected chi connectivity index (χ1v) is 10.3. The van der Waals surface area contributed by atoms with E-state index >= 15 is 0 Å². The van der Waals surface area contributed by atoms with Crippen molar-refractivity contribution >= 4 is 11.8 Å². The third kappa shape index (κ3) is 4.93. The van der Waals surface area contributed by atoms with E-state index in [9.17, 15) is 9.59 Å². The minimum absolute atomic E-state index is 0.0344. The molecule has 3 aromatic rings. The summed E-state index contributed by atoms with van der Waals surface area (Å²) in [6.07, 6.45) is 3.10. The zero-order valence-corrected chi connectivity index (χ0v) is 17.5. The van der Waals surface area contributed by atoms with Gasteiger partial charge in [0.1, 0.15) is 5.75 Å². The summed E-state index contributed by atoms with van der Waals surface area (Å²) in [7, 11) is 0. The van der Waals surface area contributed by atoms with Gasteiger partial charge in [-0.05, 0) is 44.9 Å². The van der Waals surface area contributed by atoms with E-state index in [-0.39, 0.29) is 35.6 Å². The molecule has 0 radical (unpaired) electrons. The van der Waals surface area contributed by atoms with Gasteiger partial charge in [-0.1, -0.05) is 23.4 Å². The molecule has 1 N–H and O–H groups in total. The summed E-state index contributed by atoms with van der Waals surface area (Å²) < 4.78 is 12.9. The Morgan fingerprint density at radius 1 is 1.13 bits per heavy atom. The van der Waals surface area contributed by atoms with Gasteiger partial charge in [0.05, 0.1) is 12.2 Å². The van der Waals surface area contributed by atoms with Gasteiger partial charge in [0.2, 0.25) is 0 Å². The fourth-order valence-electron chi connectivity index (χ4n) is 3.48. The van der Waals surface area contributed by atoms with Gasteiger partial charge in [0.15, 0.2) is 11.5 Å². The Morgan fingerprint density at radius 2 is 1.87 bits per heavy atom. The van der Waals surface area contributed by atoms with Crippen LogP contribution < -0.4 is 10.1 Å². The van der Waals surface area contributed by atoms with Crippen molar-refractivity contribution in [1.29, 1.82) is 0 Å². The molecule has 0 spiro atoms. The first kappa shape index (κ1) is 20.6. The number of ether oxygens (including phenoxy) is 1. The maximum absolute atomic E-state index is 12.8.